The molecule has 1 aromatic heterocycles. The van der Waals surface area contributed by atoms with Gasteiger partial charge in [0.05, 0.1) is 23.8 Å². The Morgan fingerprint density at radius 3 is 2.57 bits per heavy atom. The molecule has 3 aromatic rings. The van der Waals surface area contributed by atoms with Crippen molar-refractivity contribution in [1.29, 1.82) is 5.26 Å². The first-order valence-corrected chi connectivity index (χ1v) is 8.36. The van der Waals surface area contributed by atoms with Crippen molar-refractivity contribution in [3.8, 4) is 11.8 Å². The summed E-state index contributed by atoms with van der Waals surface area (Å²) in [6.07, 6.45) is 1.34. The van der Waals surface area contributed by atoms with Crippen LogP contribution < -0.4 is 5.32 Å². The van der Waals surface area contributed by atoms with Gasteiger partial charge in [-0.05, 0) is 43.3 Å². The fraction of sp³-hybridized carbons (Fsp3) is 0.100. The smallest absolute Gasteiger partial charge is 0.360 e. The average molecular weight is 378 g/mol. The van der Waals surface area contributed by atoms with Crippen LogP contribution in [0.25, 0.3) is 5.69 Å². The van der Waals surface area contributed by atoms with Crippen molar-refractivity contribution in [2.75, 3.05) is 11.9 Å². The number of carbonyl (C=O) groups excluding carboxylic acids is 2. The summed E-state index contributed by atoms with van der Waals surface area (Å²) in [5.41, 5.74) is 0.707. The summed E-state index contributed by atoms with van der Waals surface area (Å²) in [7, 11) is 0. The minimum atomic E-state index is -0.737. The van der Waals surface area contributed by atoms with Gasteiger partial charge in [-0.15, -0.1) is 0 Å². The summed E-state index contributed by atoms with van der Waals surface area (Å²) < 4.78 is 20.4. The first kappa shape index (κ1) is 18.8. The van der Waals surface area contributed by atoms with E-state index in [9.17, 15) is 14.0 Å². The van der Waals surface area contributed by atoms with Gasteiger partial charge in [0.15, 0.2) is 11.5 Å². The second-order valence-corrected chi connectivity index (χ2v) is 5.62. The summed E-state index contributed by atoms with van der Waals surface area (Å²) in [5, 5.41) is 11.5. The van der Waals surface area contributed by atoms with Crippen LogP contribution >= 0.6 is 0 Å². The van der Waals surface area contributed by atoms with Crippen LogP contribution in [0.5, 0.6) is 0 Å². The van der Waals surface area contributed by atoms with Gasteiger partial charge in [-0.3, -0.25) is 9.36 Å². The lowest BCUT2D eigenvalue weighted by Crippen LogP contribution is -2.19. The normalized spacial score (nSPS) is 10.2. The van der Waals surface area contributed by atoms with Crippen molar-refractivity contribution in [2.45, 2.75) is 6.92 Å². The molecule has 1 heterocycles. The van der Waals surface area contributed by atoms with Crippen molar-refractivity contribution in [2.24, 2.45) is 0 Å². The van der Waals surface area contributed by atoms with Crippen molar-refractivity contribution in [1.82, 2.24) is 9.55 Å². The van der Waals surface area contributed by atoms with Gasteiger partial charge in [0.2, 0.25) is 0 Å². The van der Waals surface area contributed by atoms with E-state index in [1.54, 1.807) is 31.2 Å². The Bertz CT molecular complexity index is 1070. The number of hydrogen-bond acceptors (Lipinski definition) is 5. The van der Waals surface area contributed by atoms with Crippen molar-refractivity contribution in [3.63, 3.8) is 0 Å². The van der Waals surface area contributed by atoms with Crippen LogP contribution in [-0.2, 0) is 4.74 Å². The predicted molar refractivity (Wildman–Crippen MR) is 98.6 cm³/mol. The first-order chi connectivity index (χ1) is 13.5. The van der Waals surface area contributed by atoms with Gasteiger partial charge in [-0.2, -0.15) is 5.26 Å². The van der Waals surface area contributed by atoms with E-state index in [0.717, 1.165) is 0 Å². The number of nitrogens with zero attached hydrogens (tertiary/aromatic N) is 3. The van der Waals surface area contributed by atoms with E-state index in [1.807, 2.05) is 6.07 Å². The van der Waals surface area contributed by atoms with E-state index < -0.39 is 17.7 Å². The van der Waals surface area contributed by atoms with E-state index in [0.29, 0.717) is 11.3 Å². The Hall–Kier alpha value is -3.99. The molecule has 140 valence electrons. The number of nitriles is 1. The number of imidazole rings is 1. The molecule has 28 heavy (non-hydrogen) atoms. The third-order valence-corrected chi connectivity index (χ3v) is 3.86. The van der Waals surface area contributed by atoms with Crippen molar-refractivity contribution < 1.29 is 18.7 Å². The monoisotopic (exact) mass is 378 g/mol. The largest absolute Gasteiger partial charge is 0.461 e. The zero-order valence-corrected chi connectivity index (χ0v) is 14.8. The number of hydrogen-bond donors (Lipinski definition) is 1. The lowest BCUT2D eigenvalue weighted by Gasteiger charge is -2.12. The lowest BCUT2D eigenvalue weighted by atomic mass is 10.2. The molecule has 0 aliphatic carbocycles. The fourth-order valence-electron chi connectivity index (χ4n) is 2.53. The molecule has 0 aliphatic heterocycles. The highest BCUT2D eigenvalue weighted by Crippen LogP contribution is 2.23. The van der Waals surface area contributed by atoms with Gasteiger partial charge < -0.3 is 10.1 Å². The maximum Gasteiger partial charge on any atom is 0.360 e. The molecule has 1 amide bonds. The zero-order valence-electron chi connectivity index (χ0n) is 14.8. The van der Waals surface area contributed by atoms with Gasteiger partial charge >= 0.3 is 5.97 Å². The van der Waals surface area contributed by atoms with Crippen molar-refractivity contribution >= 4 is 17.7 Å². The summed E-state index contributed by atoms with van der Waals surface area (Å²) >= 11 is 0. The molecule has 0 fully saturated rings. The Balaban J connectivity index is 2.04. The summed E-state index contributed by atoms with van der Waals surface area (Å²) in [6, 6.07) is 13.9. The molecule has 0 unspecified atom stereocenters. The quantitative estimate of drug-likeness (QED) is 0.687. The van der Waals surface area contributed by atoms with Gasteiger partial charge in [-0.1, -0.05) is 12.1 Å². The minimum Gasteiger partial charge on any atom is -0.461 e. The van der Waals surface area contributed by atoms with Gasteiger partial charge in [0, 0.05) is 5.69 Å². The number of ether oxygens (including phenoxy) is 1. The van der Waals surface area contributed by atoms with E-state index in [1.165, 1.54) is 35.2 Å². The highest BCUT2D eigenvalue weighted by Gasteiger charge is 2.23. The van der Waals surface area contributed by atoms with E-state index in [-0.39, 0.29) is 23.7 Å². The Morgan fingerprint density at radius 1 is 1.21 bits per heavy atom. The van der Waals surface area contributed by atoms with Crippen LogP contribution in [0.1, 0.15) is 33.3 Å². The molecule has 8 heteroatoms. The summed E-state index contributed by atoms with van der Waals surface area (Å²) in [4.78, 5) is 28.8. The molecule has 7 nitrogen and oxygen atoms in total. The molecule has 1 N–H and O–H groups in total. The number of halogens is 1. The zero-order chi connectivity index (χ0) is 20.1. The molecule has 0 bridgehead atoms. The molecule has 2 aromatic carbocycles. The summed E-state index contributed by atoms with van der Waals surface area (Å²) in [5.74, 6) is -2.11. The van der Waals surface area contributed by atoms with Crippen LogP contribution in [0, 0.1) is 17.1 Å². The molecule has 0 saturated carbocycles. The van der Waals surface area contributed by atoms with Crippen LogP contribution in [0.15, 0.2) is 54.9 Å². The van der Waals surface area contributed by atoms with Crippen LogP contribution in [0.3, 0.4) is 0 Å². The van der Waals surface area contributed by atoms with Crippen molar-refractivity contribution in [3.05, 3.63) is 77.5 Å². The number of aromatic nitrogens is 2. The molecular formula is C20H15FN4O3. The molecule has 0 radical (unpaired) electrons. The number of amides is 1. The second-order valence-electron chi connectivity index (χ2n) is 5.62. The maximum absolute atomic E-state index is 13.9. The lowest BCUT2D eigenvalue weighted by molar-refractivity contribution is 0.0521. The number of nitrogens with one attached hydrogen (secondary N) is 1. The molecule has 0 atom stereocenters. The number of anilines is 1. The maximum atomic E-state index is 13.9. The number of esters is 1. The fourth-order valence-corrected chi connectivity index (χ4v) is 2.53. The van der Waals surface area contributed by atoms with Crippen LogP contribution in [0.2, 0.25) is 0 Å². The van der Waals surface area contributed by atoms with Gasteiger partial charge in [0.1, 0.15) is 12.1 Å². The third-order valence-electron chi connectivity index (χ3n) is 3.86. The first-order valence-electron chi connectivity index (χ1n) is 8.36. The van der Waals surface area contributed by atoms with Crippen LogP contribution in [-0.4, -0.2) is 28.0 Å². The van der Waals surface area contributed by atoms with E-state index in [2.05, 4.69) is 10.3 Å². The second kappa shape index (κ2) is 8.14. The molecule has 3 rings (SSSR count). The van der Waals surface area contributed by atoms with E-state index in [4.69, 9.17) is 10.00 Å². The number of carbonyl (C=O) groups is 2. The average Bonchev–Trinajstić information content (AvgIpc) is 3.12. The Labute approximate surface area is 160 Å². The SMILES string of the molecule is CCOC(=O)c1ncn(-c2ccc(C#N)cc2)c1NC(=O)c1ccccc1F. The third kappa shape index (κ3) is 3.73. The number of benzene rings is 2. The minimum absolute atomic E-state index is 0.0383. The molecule has 0 aliphatic rings. The Kier molecular flexibility index (Phi) is 5.46. The topological polar surface area (TPSA) is 97.0 Å². The van der Waals surface area contributed by atoms with E-state index >= 15 is 0 Å². The molecule has 0 saturated heterocycles. The molecular weight excluding hydrogens is 363 g/mol. The van der Waals surface area contributed by atoms with Gasteiger partial charge in [0.25, 0.3) is 5.91 Å². The predicted octanol–water partition coefficient (Wildman–Crippen LogP) is 3.31. The molecule has 0 spiro atoms. The van der Waals surface area contributed by atoms with Crippen LogP contribution in [0.4, 0.5) is 10.2 Å². The van der Waals surface area contributed by atoms with Gasteiger partial charge in [-0.25, -0.2) is 14.2 Å². The standard InChI is InChI=1S/C20H15FN4O3/c1-2-28-20(27)17-18(24-19(26)15-5-3-4-6-16(15)21)25(12-23-17)14-9-7-13(11-22)8-10-14/h3-10,12H,2H2,1H3,(H,24,26). The number of rotatable bonds is 5. The highest BCUT2D eigenvalue weighted by atomic mass is 19.1. The highest BCUT2D eigenvalue weighted by molar-refractivity contribution is 6.07. The Morgan fingerprint density at radius 2 is 1.93 bits per heavy atom. The summed E-state index contributed by atoms with van der Waals surface area (Å²) in [6.45, 7) is 1.77.